The van der Waals surface area contributed by atoms with Crippen LogP contribution in [0.4, 0.5) is 11.4 Å². The molecule has 1 fully saturated rings. The van der Waals surface area contributed by atoms with Gasteiger partial charge in [-0.05, 0) is 70.5 Å². The van der Waals surface area contributed by atoms with E-state index in [1.54, 1.807) is 0 Å². The predicted octanol–water partition coefficient (Wildman–Crippen LogP) is 11.4. The first kappa shape index (κ1) is 31.5. The van der Waals surface area contributed by atoms with E-state index in [9.17, 15) is 0 Å². The molecule has 0 spiro atoms. The highest BCUT2D eigenvalue weighted by Crippen LogP contribution is 2.46. The van der Waals surface area contributed by atoms with Gasteiger partial charge in [0, 0.05) is 43.0 Å². The highest BCUT2D eigenvalue weighted by atomic mass is 15.1. The van der Waals surface area contributed by atoms with Gasteiger partial charge >= 0.3 is 0 Å². The molecule has 0 aliphatic heterocycles. The predicted molar refractivity (Wildman–Crippen MR) is 202 cm³/mol. The summed E-state index contributed by atoms with van der Waals surface area (Å²) in [5.74, 6) is 0. The topological polar surface area (TPSA) is 6.48 Å². The molecule has 48 heavy (non-hydrogen) atoms. The van der Waals surface area contributed by atoms with Gasteiger partial charge in [0.15, 0.2) is 0 Å². The van der Waals surface area contributed by atoms with Crippen LogP contribution in [0.25, 0.3) is 0 Å². The molecule has 0 aromatic heterocycles. The third-order valence-electron chi connectivity index (χ3n) is 10.1. The Morgan fingerprint density at radius 1 is 0.333 bits per heavy atom. The standard InChI is InChI=1S/C46H46N2/c1-6-16-38(17-7-1)34-47(35-39-18-8-2-9-19-39)44-28-24-42(25-29-44)46(32-14-5-15-33-46)43-26-30-45(31-27-43)48(36-40-20-10-3-11-21-40)37-41-22-12-4-13-23-41/h1-4,6-13,16-31H,5,14-15,32-37H2. The van der Waals surface area contributed by atoms with Crippen molar-refractivity contribution in [3.63, 3.8) is 0 Å². The fourth-order valence-electron chi connectivity index (χ4n) is 7.57. The summed E-state index contributed by atoms with van der Waals surface area (Å²) in [6.45, 7) is 3.52. The van der Waals surface area contributed by atoms with E-state index < -0.39 is 0 Å². The average Bonchev–Trinajstić information content (AvgIpc) is 3.16. The first-order valence-corrected chi connectivity index (χ1v) is 17.6. The van der Waals surface area contributed by atoms with Crippen LogP contribution in [0.5, 0.6) is 0 Å². The fraction of sp³-hybridized carbons (Fsp3) is 0.217. The summed E-state index contributed by atoms with van der Waals surface area (Å²) in [5.41, 5.74) is 10.8. The number of hydrogen-bond acceptors (Lipinski definition) is 2. The van der Waals surface area contributed by atoms with Crippen molar-refractivity contribution in [3.05, 3.63) is 203 Å². The number of anilines is 2. The maximum atomic E-state index is 2.50. The monoisotopic (exact) mass is 626 g/mol. The molecule has 2 nitrogen and oxygen atoms in total. The Kier molecular flexibility index (Phi) is 9.99. The SMILES string of the molecule is c1ccc(CN(Cc2ccccc2)c2ccc(C3(c4ccc(N(Cc5ccccc5)Cc5ccccc5)cc4)CCCCC3)cc2)cc1. The molecule has 6 aromatic carbocycles. The Morgan fingerprint density at radius 2 is 0.625 bits per heavy atom. The molecular formula is C46H46N2. The van der Waals surface area contributed by atoms with E-state index in [4.69, 9.17) is 0 Å². The van der Waals surface area contributed by atoms with Gasteiger partial charge in [0.1, 0.15) is 0 Å². The first-order chi connectivity index (χ1) is 23.7. The van der Waals surface area contributed by atoms with Gasteiger partial charge in [-0.15, -0.1) is 0 Å². The minimum atomic E-state index is 0.0443. The molecule has 0 bridgehead atoms. The van der Waals surface area contributed by atoms with E-state index >= 15 is 0 Å². The van der Waals surface area contributed by atoms with Crippen LogP contribution in [-0.2, 0) is 31.6 Å². The smallest absolute Gasteiger partial charge is 0.0433 e. The number of nitrogens with zero attached hydrogens (tertiary/aromatic N) is 2. The normalized spacial score (nSPS) is 13.9. The van der Waals surface area contributed by atoms with Crippen LogP contribution in [0.2, 0.25) is 0 Å². The summed E-state index contributed by atoms with van der Waals surface area (Å²) in [5, 5.41) is 0. The van der Waals surface area contributed by atoms with Gasteiger partial charge in [-0.2, -0.15) is 0 Å². The van der Waals surface area contributed by atoms with E-state index in [1.165, 1.54) is 76.9 Å². The molecule has 1 aliphatic rings. The molecule has 1 aliphatic carbocycles. The zero-order valence-corrected chi connectivity index (χ0v) is 27.9. The molecule has 240 valence electrons. The third-order valence-corrected chi connectivity index (χ3v) is 10.1. The summed E-state index contributed by atoms with van der Waals surface area (Å²) >= 11 is 0. The number of hydrogen-bond donors (Lipinski definition) is 0. The second-order valence-corrected chi connectivity index (χ2v) is 13.4. The average molecular weight is 627 g/mol. The second-order valence-electron chi connectivity index (χ2n) is 13.4. The van der Waals surface area contributed by atoms with Crippen molar-refractivity contribution in [2.75, 3.05) is 9.80 Å². The van der Waals surface area contributed by atoms with Crippen molar-refractivity contribution < 1.29 is 0 Å². The lowest BCUT2D eigenvalue weighted by molar-refractivity contribution is 0.346. The fourth-order valence-corrected chi connectivity index (χ4v) is 7.57. The lowest BCUT2D eigenvalue weighted by atomic mass is 9.65. The maximum absolute atomic E-state index is 2.50. The Balaban J connectivity index is 1.17. The first-order valence-electron chi connectivity index (χ1n) is 17.6. The van der Waals surface area contributed by atoms with E-state index in [1.807, 2.05) is 0 Å². The van der Waals surface area contributed by atoms with Gasteiger partial charge in [-0.1, -0.05) is 165 Å². The molecule has 2 heteroatoms. The Hall–Kier alpha value is -5.08. The summed E-state index contributed by atoms with van der Waals surface area (Å²) in [6.07, 6.45) is 6.25. The van der Waals surface area contributed by atoms with Crippen LogP contribution >= 0.6 is 0 Å². The molecular weight excluding hydrogens is 581 g/mol. The highest BCUT2D eigenvalue weighted by Gasteiger charge is 2.35. The van der Waals surface area contributed by atoms with Crippen LogP contribution < -0.4 is 9.80 Å². The van der Waals surface area contributed by atoms with Crippen LogP contribution in [0.3, 0.4) is 0 Å². The van der Waals surface area contributed by atoms with E-state index in [0.29, 0.717) is 0 Å². The molecule has 0 unspecified atom stereocenters. The van der Waals surface area contributed by atoms with Gasteiger partial charge in [0.25, 0.3) is 0 Å². The molecule has 0 radical (unpaired) electrons. The van der Waals surface area contributed by atoms with Gasteiger partial charge < -0.3 is 9.80 Å². The van der Waals surface area contributed by atoms with Gasteiger partial charge in [0.05, 0.1) is 0 Å². The van der Waals surface area contributed by atoms with Crippen molar-refractivity contribution in [3.8, 4) is 0 Å². The second kappa shape index (κ2) is 15.2. The molecule has 0 amide bonds. The Morgan fingerprint density at radius 3 is 0.917 bits per heavy atom. The third kappa shape index (κ3) is 7.55. The summed E-state index contributed by atoms with van der Waals surface area (Å²) in [6, 6.07) is 62.5. The molecule has 0 heterocycles. The van der Waals surface area contributed by atoms with Gasteiger partial charge in [-0.3, -0.25) is 0 Å². The molecule has 0 saturated heterocycles. The largest absolute Gasteiger partial charge is 0.363 e. The number of rotatable bonds is 12. The molecule has 1 saturated carbocycles. The van der Waals surface area contributed by atoms with E-state index in [-0.39, 0.29) is 5.41 Å². The highest BCUT2D eigenvalue weighted by molar-refractivity contribution is 5.55. The van der Waals surface area contributed by atoms with Gasteiger partial charge in [-0.25, -0.2) is 0 Å². The molecule has 0 N–H and O–H groups in total. The summed E-state index contributed by atoms with van der Waals surface area (Å²) in [4.78, 5) is 5.01. The lowest BCUT2D eigenvalue weighted by Crippen LogP contribution is -2.31. The molecule has 0 atom stereocenters. The van der Waals surface area contributed by atoms with Crippen molar-refractivity contribution in [1.82, 2.24) is 0 Å². The van der Waals surface area contributed by atoms with Crippen LogP contribution in [0, 0.1) is 0 Å². The Labute approximate surface area is 287 Å². The van der Waals surface area contributed by atoms with Gasteiger partial charge in [0.2, 0.25) is 0 Å². The summed E-state index contributed by atoms with van der Waals surface area (Å²) < 4.78 is 0. The van der Waals surface area contributed by atoms with Crippen molar-refractivity contribution in [2.45, 2.75) is 63.7 Å². The minimum Gasteiger partial charge on any atom is -0.363 e. The van der Waals surface area contributed by atoms with Crippen LogP contribution in [0.15, 0.2) is 170 Å². The number of benzene rings is 6. The van der Waals surface area contributed by atoms with Crippen LogP contribution in [0.1, 0.15) is 65.5 Å². The van der Waals surface area contributed by atoms with E-state index in [0.717, 1.165) is 26.2 Å². The minimum absolute atomic E-state index is 0.0443. The quantitative estimate of drug-likeness (QED) is 0.133. The zero-order chi connectivity index (χ0) is 32.4. The zero-order valence-electron chi connectivity index (χ0n) is 27.9. The van der Waals surface area contributed by atoms with Crippen molar-refractivity contribution in [2.24, 2.45) is 0 Å². The molecule has 7 rings (SSSR count). The van der Waals surface area contributed by atoms with Crippen molar-refractivity contribution >= 4 is 11.4 Å². The lowest BCUT2D eigenvalue weighted by Gasteiger charge is -2.39. The van der Waals surface area contributed by atoms with E-state index in [2.05, 4.69) is 180 Å². The van der Waals surface area contributed by atoms with Crippen molar-refractivity contribution in [1.29, 1.82) is 0 Å². The Bertz CT molecular complexity index is 1590. The summed E-state index contributed by atoms with van der Waals surface area (Å²) in [7, 11) is 0. The molecule has 6 aromatic rings. The maximum Gasteiger partial charge on any atom is 0.0433 e. The van der Waals surface area contributed by atoms with Crippen LogP contribution in [-0.4, -0.2) is 0 Å².